The Morgan fingerprint density at radius 2 is 1.95 bits per heavy atom. The van der Waals surface area contributed by atoms with E-state index >= 15 is 0 Å². The van der Waals surface area contributed by atoms with Crippen molar-refractivity contribution in [2.24, 2.45) is 0 Å². The minimum absolute atomic E-state index is 0.129. The Hall–Kier alpha value is -3.88. The summed E-state index contributed by atoms with van der Waals surface area (Å²) in [5.41, 5.74) is 3.53. The number of ketones is 1. The molecule has 4 rings (SSSR count). The topological polar surface area (TPSA) is 116 Å². The molecule has 0 saturated heterocycles. The van der Waals surface area contributed by atoms with Gasteiger partial charge in [0.2, 0.25) is 11.8 Å². The number of aromatic amines is 1. The number of nitrogens with zero attached hydrogens (tertiary/aromatic N) is 1. The Labute approximate surface area is 230 Å². The van der Waals surface area contributed by atoms with Gasteiger partial charge in [-0.05, 0) is 67.8 Å². The number of carbonyl (C=O) groups is 3. The van der Waals surface area contributed by atoms with Gasteiger partial charge in [0, 0.05) is 41.4 Å². The predicted octanol–water partition coefficient (Wildman–Crippen LogP) is 6.18. The van der Waals surface area contributed by atoms with Crippen LogP contribution in [0.1, 0.15) is 54.0 Å². The number of hydrogen-bond acceptors (Lipinski definition) is 5. The van der Waals surface area contributed by atoms with Crippen molar-refractivity contribution in [3.8, 4) is 11.3 Å². The molecule has 1 aliphatic rings. The summed E-state index contributed by atoms with van der Waals surface area (Å²) in [6, 6.07) is 9.89. The molecule has 2 amide bonds. The van der Waals surface area contributed by atoms with E-state index < -0.39 is 6.04 Å². The molecule has 1 aliphatic heterocycles. The first-order valence-corrected chi connectivity index (χ1v) is 12.8. The number of carbonyl (C=O) groups excluding carboxylic acids is 3. The number of rotatable bonds is 5. The molecule has 2 aromatic carbocycles. The summed E-state index contributed by atoms with van der Waals surface area (Å²) in [6.45, 7) is 1.46. The third kappa shape index (κ3) is 6.51. The minimum Gasteiger partial charge on any atom is -0.388 e. The maximum atomic E-state index is 12.9. The first-order chi connectivity index (χ1) is 18.2. The zero-order chi connectivity index (χ0) is 27.2. The van der Waals surface area contributed by atoms with E-state index in [1.807, 2.05) is 30.4 Å². The summed E-state index contributed by atoms with van der Waals surface area (Å²) in [5, 5.41) is 9.72. The molecule has 4 N–H and O–H groups in total. The van der Waals surface area contributed by atoms with Crippen molar-refractivity contribution in [2.75, 3.05) is 17.7 Å². The highest BCUT2D eigenvalue weighted by atomic mass is 35.5. The highest BCUT2D eigenvalue weighted by molar-refractivity contribution is 6.32. The van der Waals surface area contributed by atoms with Crippen molar-refractivity contribution in [1.82, 2.24) is 15.3 Å². The van der Waals surface area contributed by atoms with Crippen LogP contribution < -0.4 is 16.0 Å². The zero-order valence-corrected chi connectivity index (χ0v) is 22.4. The van der Waals surface area contributed by atoms with Gasteiger partial charge in [-0.15, -0.1) is 0 Å². The fourth-order valence-electron chi connectivity index (χ4n) is 4.12. The Morgan fingerprint density at radius 1 is 1.13 bits per heavy atom. The molecule has 10 heteroatoms. The second kappa shape index (κ2) is 12.1. The smallest absolute Gasteiger partial charge is 0.244 e. The van der Waals surface area contributed by atoms with Crippen LogP contribution in [0.2, 0.25) is 10.2 Å². The number of fused-ring (bicyclic) bond motifs is 4. The Bertz CT molecular complexity index is 1440. The number of allylic oxidation sites excluding steroid dienone is 1. The van der Waals surface area contributed by atoms with Gasteiger partial charge in [-0.2, -0.15) is 0 Å². The fraction of sp³-hybridized carbons (Fsp3) is 0.214. The molecule has 2 heterocycles. The van der Waals surface area contributed by atoms with Crippen molar-refractivity contribution in [1.29, 1.82) is 0 Å². The molecule has 3 aromatic rings. The number of halogens is 2. The van der Waals surface area contributed by atoms with E-state index in [0.29, 0.717) is 58.2 Å². The van der Waals surface area contributed by atoms with Gasteiger partial charge < -0.3 is 20.9 Å². The van der Waals surface area contributed by atoms with Crippen molar-refractivity contribution >= 4 is 58.3 Å². The summed E-state index contributed by atoms with van der Waals surface area (Å²) >= 11 is 12.6. The fourth-order valence-corrected chi connectivity index (χ4v) is 4.54. The number of H-pyrrole nitrogens is 1. The van der Waals surface area contributed by atoms with Crippen molar-refractivity contribution in [2.45, 2.75) is 32.2 Å². The highest BCUT2D eigenvalue weighted by Gasteiger charge is 2.22. The molecule has 0 saturated carbocycles. The van der Waals surface area contributed by atoms with Crippen molar-refractivity contribution in [3.63, 3.8) is 0 Å². The van der Waals surface area contributed by atoms with Gasteiger partial charge in [-0.1, -0.05) is 35.4 Å². The largest absolute Gasteiger partial charge is 0.388 e. The van der Waals surface area contributed by atoms with E-state index in [1.165, 1.54) is 13.0 Å². The summed E-state index contributed by atoms with van der Waals surface area (Å²) < 4.78 is 0. The summed E-state index contributed by atoms with van der Waals surface area (Å²) in [7, 11) is 1.79. The normalized spacial score (nSPS) is 16.4. The number of aromatic nitrogens is 2. The lowest BCUT2D eigenvalue weighted by Crippen LogP contribution is -2.27. The van der Waals surface area contributed by atoms with Crippen molar-refractivity contribution < 1.29 is 14.4 Å². The Kier molecular flexibility index (Phi) is 8.66. The van der Waals surface area contributed by atoms with Crippen LogP contribution in [0.4, 0.5) is 11.4 Å². The monoisotopic (exact) mass is 551 g/mol. The molecule has 2 bridgehead atoms. The Balaban J connectivity index is 1.65. The summed E-state index contributed by atoms with van der Waals surface area (Å²) in [5.74, 6) is -0.170. The molecule has 196 valence electrons. The number of amides is 2. The van der Waals surface area contributed by atoms with Gasteiger partial charge in [0.15, 0.2) is 5.78 Å². The van der Waals surface area contributed by atoms with Gasteiger partial charge in [-0.25, -0.2) is 4.98 Å². The summed E-state index contributed by atoms with van der Waals surface area (Å²) in [4.78, 5) is 45.2. The molecular formula is C28H27Cl2N5O3. The number of imidazole rings is 1. The van der Waals surface area contributed by atoms with E-state index in [2.05, 4.69) is 20.9 Å². The maximum Gasteiger partial charge on any atom is 0.244 e. The summed E-state index contributed by atoms with van der Waals surface area (Å²) in [6.07, 6.45) is 7.97. The third-order valence-electron chi connectivity index (χ3n) is 6.05. The van der Waals surface area contributed by atoms with Crippen LogP contribution in [0.15, 0.2) is 54.6 Å². The maximum absolute atomic E-state index is 12.9. The lowest BCUT2D eigenvalue weighted by molar-refractivity contribution is -0.117. The van der Waals surface area contributed by atoms with E-state index in [9.17, 15) is 14.4 Å². The zero-order valence-electron chi connectivity index (χ0n) is 20.9. The first kappa shape index (κ1) is 27.2. The number of benzene rings is 2. The molecule has 38 heavy (non-hydrogen) atoms. The molecule has 0 fully saturated rings. The number of nitrogens with one attached hydrogen (secondary N) is 4. The van der Waals surface area contributed by atoms with Crippen LogP contribution in [0.25, 0.3) is 17.3 Å². The number of hydrogen-bond donors (Lipinski definition) is 4. The molecule has 0 aliphatic carbocycles. The average molecular weight is 552 g/mol. The van der Waals surface area contributed by atoms with Crippen LogP contribution in [0, 0.1) is 0 Å². The number of Topliss-reactive ketones (excluding diaryl/α,β-unsaturated/α-hetero) is 1. The molecule has 1 atom stereocenters. The van der Waals surface area contributed by atoms with Gasteiger partial charge in [0.05, 0.1) is 11.7 Å². The van der Waals surface area contributed by atoms with Crippen LogP contribution in [0.3, 0.4) is 0 Å². The third-order valence-corrected chi connectivity index (χ3v) is 6.55. The standard InChI is InChI=1S/C28H27Cl2N5O3/c1-16(36)20-11-9-18(29)14-17(20)8-13-25(38)32-22-6-4-3-5-7-24(37)33-23-15-19(31-2)10-12-21(23)26-27(30)35-28(22)34-26/h3-4,8-15,22,31H,5-7H2,1-2H3,(H,32,38)(H,33,37)(H,34,35)/b4-3+,13-8+/t22-/m0/s1. The second-order valence-corrected chi connectivity index (χ2v) is 9.59. The van der Waals surface area contributed by atoms with E-state index in [0.717, 1.165) is 5.69 Å². The van der Waals surface area contributed by atoms with Crippen LogP contribution in [0.5, 0.6) is 0 Å². The highest BCUT2D eigenvalue weighted by Crippen LogP contribution is 2.35. The molecule has 0 spiro atoms. The minimum atomic E-state index is -0.522. The van der Waals surface area contributed by atoms with Crippen molar-refractivity contribution in [3.05, 3.63) is 81.8 Å². The van der Waals surface area contributed by atoms with Gasteiger partial charge in [0.1, 0.15) is 16.7 Å². The predicted molar refractivity (Wildman–Crippen MR) is 152 cm³/mol. The van der Waals surface area contributed by atoms with E-state index in [4.69, 9.17) is 28.2 Å². The first-order valence-electron chi connectivity index (χ1n) is 12.1. The molecule has 1 aromatic heterocycles. The molecule has 0 unspecified atom stereocenters. The molecular weight excluding hydrogens is 525 g/mol. The Morgan fingerprint density at radius 3 is 2.71 bits per heavy atom. The van der Waals surface area contributed by atoms with Gasteiger partial charge in [-0.3, -0.25) is 14.4 Å². The lowest BCUT2D eigenvalue weighted by Gasteiger charge is -2.14. The van der Waals surface area contributed by atoms with E-state index in [1.54, 1.807) is 31.3 Å². The van der Waals surface area contributed by atoms with E-state index in [-0.39, 0.29) is 22.8 Å². The lowest BCUT2D eigenvalue weighted by atomic mass is 10.0. The molecule has 8 nitrogen and oxygen atoms in total. The van der Waals surface area contributed by atoms with Crippen LogP contribution in [-0.2, 0) is 9.59 Å². The van der Waals surface area contributed by atoms with Gasteiger partial charge >= 0.3 is 0 Å². The quantitative estimate of drug-likeness (QED) is 0.172. The average Bonchev–Trinajstić information content (AvgIpc) is 3.27. The SMILES string of the molecule is CNc1ccc2c(c1)NC(=O)CC/C=C/C[C@H](NC(=O)/C=C/c1cc(Cl)ccc1C(C)=O)c1nc-2c(Cl)[nH]1. The van der Waals surface area contributed by atoms with Crippen LogP contribution >= 0.6 is 23.2 Å². The second-order valence-electron chi connectivity index (χ2n) is 8.77. The number of anilines is 2. The van der Waals surface area contributed by atoms with Crippen LogP contribution in [-0.4, -0.2) is 34.6 Å². The molecule has 0 radical (unpaired) electrons. The van der Waals surface area contributed by atoms with Gasteiger partial charge in [0.25, 0.3) is 0 Å².